The number of furan rings is 1. The molecule has 2 aromatic heterocycles. The molecule has 1 amide bonds. The van der Waals surface area contributed by atoms with E-state index >= 15 is 0 Å². The predicted octanol–water partition coefficient (Wildman–Crippen LogP) is 4.84. The number of aromatic nitrogens is 1. The van der Waals surface area contributed by atoms with Crippen molar-refractivity contribution in [1.82, 2.24) is 4.98 Å². The maximum Gasteiger partial charge on any atom is 0.231 e. The SMILES string of the molecule is CC(C)C(=O)N(Cc1ccco1)c1nc2ccc(Br)cc2s1. The summed E-state index contributed by atoms with van der Waals surface area (Å²) in [4.78, 5) is 18.9. The number of hydrogen-bond acceptors (Lipinski definition) is 4. The molecule has 0 atom stereocenters. The molecule has 0 saturated carbocycles. The summed E-state index contributed by atoms with van der Waals surface area (Å²) >= 11 is 4.97. The van der Waals surface area contributed by atoms with Gasteiger partial charge < -0.3 is 4.42 Å². The van der Waals surface area contributed by atoms with Crippen LogP contribution in [0.4, 0.5) is 5.13 Å². The smallest absolute Gasteiger partial charge is 0.231 e. The van der Waals surface area contributed by atoms with Crippen molar-refractivity contribution >= 4 is 48.5 Å². The number of amides is 1. The fraction of sp³-hybridized carbons (Fsp3) is 0.250. The van der Waals surface area contributed by atoms with Gasteiger partial charge in [-0.25, -0.2) is 4.98 Å². The highest BCUT2D eigenvalue weighted by Crippen LogP contribution is 2.32. The van der Waals surface area contributed by atoms with Crippen molar-refractivity contribution in [2.45, 2.75) is 20.4 Å². The first-order valence-corrected chi connectivity index (χ1v) is 8.55. The Morgan fingerprint density at radius 2 is 2.23 bits per heavy atom. The minimum absolute atomic E-state index is 0.0366. The first kappa shape index (κ1) is 15.2. The molecular formula is C16H15BrN2O2S. The zero-order chi connectivity index (χ0) is 15.7. The average Bonchev–Trinajstić information content (AvgIpc) is 3.12. The molecule has 0 bridgehead atoms. The molecule has 0 unspecified atom stereocenters. The molecule has 0 aliphatic heterocycles. The average molecular weight is 379 g/mol. The van der Waals surface area contributed by atoms with Gasteiger partial charge in [-0.1, -0.05) is 41.1 Å². The van der Waals surface area contributed by atoms with E-state index in [1.54, 1.807) is 11.2 Å². The van der Waals surface area contributed by atoms with E-state index in [4.69, 9.17) is 4.42 Å². The van der Waals surface area contributed by atoms with E-state index in [-0.39, 0.29) is 11.8 Å². The number of rotatable bonds is 4. The Morgan fingerprint density at radius 3 is 2.91 bits per heavy atom. The molecule has 3 rings (SSSR count). The summed E-state index contributed by atoms with van der Waals surface area (Å²) in [6.07, 6.45) is 1.61. The van der Waals surface area contributed by atoms with Crippen LogP contribution < -0.4 is 4.90 Å². The third-order valence-corrected chi connectivity index (χ3v) is 4.76. The van der Waals surface area contributed by atoms with Crippen molar-refractivity contribution in [3.8, 4) is 0 Å². The zero-order valence-electron chi connectivity index (χ0n) is 12.2. The summed E-state index contributed by atoms with van der Waals surface area (Å²) in [6.45, 7) is 4.17. The summed E-state index contributed by atoms with van der Waals surface area (Å²) in [5.41, 5.74) is 0.893. The lowest BCUT2D eigenvalue weighted by Gasteiger charge is -2.20. The van der Waals surface area contributed by atoms with Crippen LogP contribution in [0.2, 0.25) is 0 Å². The van der Waals surface area contributed by atoms with Crippen molar-refractivity contribution in [2.24, 2.45) is 5.92 Å². The normalized spacial score (nSPS) is 11.3. The molecule has 6 heteroatoms. The Labute approximate surface area is 140 Å². The number of benzene rings is 1. The highest BCUT2D eigenvalue weighted by molar-refractivity contribution is 9.10. The number of carbonyl (C=O) groups excluding carboxylic acids is 1. The highest BCUT2D eigenvalue weighted by atomic mass is 79.9. The van der Waals surface area contributed by atoms with Gasteiger partial charge in [0.1, 0.15) is 5.76 Å². The monoisotopic (exact) mass is 378 g/mol. The van der Waals surface area contributed by atoms with E-state index in [2.05, 4.69) is 20.9 Å². The van der Waals surface area contributed by atoms with E-state index in [0.29, 0.717) is 11.7 Å². The Morgan fingerprint density at radius 1 is 1.41 bits per heavy atom. The van der Waals surface area contributed by atoms with Crippen LogP contribution in [-0.4, -0.2) is 10.9 Å². The highest BCUT2D eigenvalue weighted by Gasteiger charge is 2.23. The van der Waals surface area contributed by atoms with E-state index < -0.39 is 0 Å². The van der Waals surface area contributed by atoms with Crippen LogP contribution in [0.25, 0.3) is 10.2 Å². The van der Waals surface area contributed by atoms with Crippen molar-refractivity contribution < 1.29 is 9.21 Å². The van der Waals surface area contributed by atoms with Crippen LogP contribution in [0.3, 0.4) is 0 Å². The topological polar surface area (TPSA) is 46.3 Å². The third kappa shape index (κ3) is 3.08. The molecule has 0 saturated heterocycles. The van der Waals surface area contributed by atoms with Gasteiger partial charge in [-0.15, -0.1) is 0 Å². The maximum atomic E-state index is 12.6. The van der Waals surface area contributed by atoms with Gasteiger partial charge >= 0.3 is 0 Å². The molecule has 114 valence electrons. The number of hydrogen-bond donors (Lipinski definition) is 0. The van der Waals surface area contributed by atoms with Gasteiger partial charge in [0.2, 0.25) is 5.91 Å². The molecule has 22 heavy (non-hydrogen) atoms. The number of thiazole rings is 1. The molecule has 1 aromatic carbocycles. The Hall–Kier alpha value is -1.66. The first-order chi connectivity index (χ1) is 10.5. The Balaban J connectivity index is 2.00. The van der Waals surface area contributed by atoms with Crippen LogP contribution in [0, 0.1) is 5.92 Å². The van der Waals surface area contributed by atoms with E-state index in [0.717, 1.165) is 20.4 Å². The second-order valence-electron chi connectivity index (χ2n) is 5.27. The summed E-state index contributed by atoms with van der Waals surface area (Å²) < 4.78 is 7.43. The van der Waals surface area contributed by atoms with Crippen molar-refractivity contribution in [2.75, 3.05) is 4.90 Å². The minimum atomic E-state index is -0.103. The molecule has 0 radical (unpaired) electrons. The summed E-state index contributed by atoms with van der Waals surface area (Å²) in [7, 11) is 0. The fourth-order valence-corrected chi connectivity index (χ4v) is 3.63. The van der Waals surface area contributed by atoms with Crippen LogP contribution in [-0.2, 0) is 11.3 Å². The van der Waals surface area contributed by atoms with Crippen molar-refractivity contribution in [1.29, 1.82) is 0 Å². The standard InChI is InChI=1S/C16H15BrN2O2S/c1-10(2)15(20)19(9-12-4-3-7-21-12)16-18-13-6-5-11(17)8-14(13)22-16/h3-8,10H,9H2,1-2H3. The van der Waals surface area contributed by atoms with Crippen molar-refractivity contribution in [3.63, 3.8) is 0 Å². The molecule has 0 aliphatic rings. The van der Waals surface area contributed by atoms with Gasteiger partial charge in [0.05, 0.1) is 23.0 Å². The molecule has 0 N–H and O–H groups in total. The number of anilines is 1. The second kappa shape index (κ2) is 6.22. The number of fused-ring (bicyclic) bond motifs is 1. The molecule has 4 nitrogen and oxygen atoms in total. The van der Waals surface area contributed by atoms with Crippen LogP contribution >= 0.6 is 27.3 Å². The maximum absolute atomic E-state index is 12.6. The summed E-state index contributed by atoms with van der Waals surface area (Å²) in [5.74, 6) is 0.678. The van der Waals surface area contributed by atoms with Gasteiger partial charge in [0, 0.05) is 10.4 Å². The molecule has 0 fully saturated rings. The van der Waals surface area contributed by atoms with Crippen LogP contribution in [0.1, 0.15) is 19.6 Å². The quantitative estimate of drug-likeness (QED) is 0.652. The largest absolute Gasteiger partial charge is 0.467 e. The minimum Gasteiger partial charge on any atom is -0.467 e. The van der Waals surface area contributed by atoms with Crippen LogP contribution in [0.5, 0.6) is 0 Å². The lowest BCUT2D eigenvalue weighted by Crippen LogP contribution is -2.33. The van der Waals surface area contributed by atoms with Gasteiger partial charge in [-0.05, 0) is 30.3 Å². The van der Waals surface area contributed by atoms with Gasteiger partial charge in [-0.2, -0.15) is 0 Å². The van der Waals surface area contributed by atoms with Crippen molar-refractivity contribution in [3.05, 3.63) is 46.8 Å². The van der Waals surface area contributed by atoms with Gasteiger partial charge in [-0.3, -0.25) is 9.69 Å². The fourth-order valence-electron chi connectivity index (χ4n) is 2.11. The van der Waals surface area contributed by atoms with Gasteiger partial charge in [0.25, 0.3) is 0 Å². The number of halogens is 1. The van der Waals surface area contributed by atoms with E-state index in [9.17, 15) is 4.79 Å². The van der Waals surface area contributed by atoms with E-state index in [1.807, 2.05) is 44.2 Å². The second-order valence-corrected chi connectivity index (χ2v) is 7.19. The van der Waals surface area contributed by atoms with E-state index in [1.165, 1.54) is 11.3 Å². The van der Waals surface area contributed by atoms with Gasteiger partial charge in [0.15, 0.2) is 5.13 Å². The molecule has 3 aromatic rings. The lowest BCUT2D eigenvalue weighted by atomic mass is 10.2. The third-order valence-electron chi connectivity index (χ3n) is 3.22. The first-order valence-electron chi connectivity index (χ1n) is 6.94. The zero-order valence-corrected chi connectivity index (χ0v) is 14.6. The Kier molecular flexibility index (Phi) is 4.31. The summed E-state index contributed by atoms with van der Waals surface area (Å²) in [6, 6.07) is 9.60. The molecular weight excluding hydrogens is 364 g/mol. The molecule has 0 aliphatic carbocycles. The molecule has 0 spiro atoms. The predicted molar refractivity (Wildman–Crippen MR) is 92.1 cm³/mol. The molecule has 2 heterocycles. The van der Waals surface area contributed by atoms with Crippen LogP contribution in [0.15, 0.2) is 45.5 Å². The Bertz CT molecular complexity index is 796. The summed E-state index contributed by atoms with van der Waals surface area (Å²) in [5, 5.41) is 0.697. The number of nitrogens with zero attached hydrogens (tertiary/aromatic N) is 2. The lowest BCUT2D eigenvalue weighted by molar-refractivity contribution is -0.121. The number of carbonyl (C=O) groups is 1.